The number of phenolic OH excluding ortho intramolecular Hbond substituents is 1. The van der Waals surface area contributed by atoms with Gasteiger partial charge in [-0.1, -0.05) is 16.1 Å². The van der Waals surface area contributed by atoms with E-state index in [9.17, 15) is 43.0 Å². The minimum atomic E-state index is -4.80. The van der Waals surface area contributed by atoms with Gasteiger partial charge in [0.15, 0.2) is 11.5 Å². The van der Waals surface area contributed by atoms with Crippen molar-refractivity contribution in [3.63, 3.8) is 0 Å². The highest BCUT2D eigenvalue weighted by atomic mass is 32.2. The van der Waals surface area contributed by atoms with Crippen molar-refractivity contribution in [2.24, 2.45) is 35.8 Å². The maximum Gasteiger partial charge on any atom is 0.355 e. The Labute approximate surface area is 378 Å². The molecule has 1 atom stereocenters. The topological polar surface area (TPSA) is 364 Å². The van der Waals surface area contributed by atoms with Crippen LogP contribution in [-0.4, -0.2) is 101 Å². The number of fused-ring (bicyclic) bond motifs is 1. The molecule has 0 spiro atoms. The zero-order valence-electron chi connectivity index (χ0n) is 33.3. The van der Waals surface area contributed by atoms with E-state index in [0.717, 1.165) is 11.1 Å². The summed E-state index contributed by atoms with van der Waals surface area (Å²) < 4.78 is 59.4. The number of anilines is 1. The average molecular weight is 973 g/mol. The van der Waals surface area contributed by atoms with Crippen LogP contribution in [0.25, 0.3) is 10.8 Å². The summed E-state index contributed by atoms with van der Waals surface area (Å²) in [6, 6.07) is 16.0. The molecule has 0 aliphatic carbocycles. The molecule has 1 aliphatic heterocycles. The van der Waals surface area contributed by atoms with Crippen LogP contribution >= 0.6 is 24.1 Å². The summed E-state index contributed by atoms with van der Waals surface area (Å²) in [6.45, 7) is -1.48. The predicted molar refractivity (Wildman–Crippen MR) is 227 cm³/mol. The van der Waals surface area contributed by atoms with Gasteiger partial charge in [0.1, 0.15) is 58.1 Å². The standard InChI is InChI=1S/C37H32N8O18S3/c1-57-22-6-9-25(31(16-22)66(54,55)56)39-40-26-17-29(59-13-11-47)27(18-28(26)58-12-10-46)41-42-32-30(65-63-61-53)14-19-2-3-20(15-24(19)35(32)48)38-43-33-34(37(50)51)44-45(36(33)49)21-4-7-23(8-5-21)64-62-60-52/h2-9,14-18,33,46-48,52-53H,10-13H2,1H3,(H,50,51)(H,54,55,56). The van der Waals surface area contributed by atoms with Gasteiger partial charge >= 0.3 is 5.97 Å². The normalized spacial score (nSPS) is 14.3. The SMILES string of the molecule is COc1ccc(N=Nc2cc(OCCO)c(N=Nc3c(SOOO)cc4ccc(N=NC5C(=O)N(c6ccc(SOOO)cc6)N=C5C(=O)O)cc4c3O)cc2OCCO)c(S(=O)(=O)O)c1. The minimum absolute atomic E-state index is 0.0288. The predicted octanol–water partition coefficient (Wildman–Crippen LogP) is 7.17. The number of amides is 1. The molecule has 0 saturated heterocycles. The van der Waals surface area contributed by atoms with Crippen molar-refractivity contribution in [2.45, 2.75) is 20.7 Å². The van der Waals surface area contributed by atoms with Gasteiger partial charge in [0.25, 0.3) is 16.0 Å². The van der Waals surface area contributed by atoms with Gasteiger partial charge in [-0.3, -0.25) is 9.35 Å². The van der Waals surface area contributed by atoms with Gasteiger partial charge in [-0.25, -0.2) is 15.3 Å². The van der Waals surface area contributed by atoms with Crippen LogP contribution in [0.4, 0.5) is 34.1 Å². The fourth-order valence-corrected chi connectivity index (χ4v) is 7.17. The molecule has 1 unspecified atom stereocenters. The molecule has 5 aromatic rings. The highest BCUT2D eigenvalue weighted by molar-refractivity contribution is 7.95. The molecule has 1 aliphatic rings. The number of carboxylic acid groups (broad SMARTS) is 1. The summed E-state index contributed by atoms with van der Waals surface area (Å²) in [6.07, 6.45) is 0. The highest BCUT2D eigenvalue weighted by Gasteiger charge is 2.41. The lowest BCUT2D eigenvalue weighted by Gasteiger charge is -2.13. The van der Waals surface area contributed by atoms with Gasteiger partial charge in [-0.15, -0.1) is 29.1 Å². The fourth-order valence-electron chi connectivity index (χ4n) is 5.68. The number of ether oxygens (including phenoxy) is 3. The number of carbonyl (C=O) groups is 2. The van der Waals surface area contributed by atoms with Crippen molar-refractivity contribution in [1.82, 2.24) is 0 Å². The Bertz CT molecular complexity index is 2830. The fraction of sp³-hybridized carbons (Fsp3) is 0.162. The molecule has 7 N–H and O–H groups in total. The number of hydrogen-bond acceptors (Lipinski definition) is 25. The van der Waals surface area contributed by atoms with Gasteiger partial charge in [0.2, 0.25) is 6.04 Å². The zero-order chi connectivity index (χ0) is 47.4. The van der Waals surface area contributed by atoms with Gasteiger partial charge in [0.05, 0.1) is 60.7 Å². The van der Waals surface area contributed by atoms with Crippen LogP contribution in [-0.2, 0) is 38.5 Å². The Morgan fingerprint density at radius 1 is 0.803 bits per heavy atom. The first kappa shape index (κ1) is 48.7. The van der Waals surface area contributed by atoms with Gasteiger partial charge < -0.3 is 34.6 Å². The Balaban J connectivity index is 1.36. The number of aliphatic hydroxyl groups is 2. The summed E-state index contributed by atoms with van der Waals surface area (Å²) >= 11 is 1.08. The molecular weight excluding hydrogens is 941 g/mol. The van der Waals surface area contributed by atoms with Crippen LogP contribution in [0.1, 0.15) is 0 Å². The molecule has 5 aromatic carbocycles. The summed E-state index contributed by atoms with van der Waals surface area (Å²) in [7, 11) is -3.51. The third kappa shape index (κ3) is 11.7. The van der Waals surface area contributed by atoms with E-state index < -0.39 is 57.6 Å². The number of aliphatic hydroxyl groups excluding tert-OH is 2. The Morgan fingerprint density at radius 2 is 1.44 bits per heavy atom. The molecule has 0 aromatic heterocycles. The zero-order valence-corrected chi connectivity index (χ0v) is 35.8. The van der Waals surface area contributed by atoms with E-state index in [1.54, 1.807) is 0 Å². The molecule has 0 bridgehead atoms. The second kappa shape index (κ2) is 22.4. The first-order valence-corrected chi connectivity index (χ1v) is 21.1. The van der Waals surface area contributed by atoms with E-state index >= 15 is 0 Å². The number of rotatable bonds is 22. The van der Waals surface area contributed by atoms with E-state index in [2.05, 4.69) is 54.5 Å². The molecule has 1 heterocycles. The van der Waals surface area contributed by atoms with Gasteiger partial charge in [-0.2, -0.15) is 28.8 Å². The third-order valence-electron chi connectivity index (χ3n) is 8.56. The molecule has 346 valence electrons. The lowest BCUT2D eigenvalue weighted by atomic mass is 10.1. The van der Waals surface area contributed by atoms with E-state index in [1.165, 1.54) is 79.9 Å². The number of methoxy groups -OCH3 is 1. The number of benzene rings is 5. The lowest BCUT2D eigenvalue weighted by molar-refractivity contribution is -0.432. The molecule has 0 fully saturated rings. The lowest BCUT2D eigenvalue weighted by Crippen LogP contribution is -2.32. The smallest absolute Gasteiger partial charge is 0.355 e. The number of azo groups is 3. The minimum Gasteiger partial charge on any atom is -0.505 e. The monoisotopic (exact) mass is 972 g/mol. The van der Waals surface area contributed by atoms with Gasteiger partial charge in [-0.05, 0) is 60.0 Å². The summed E-state index contributed by atoms with van der Waals surface area (Å²) in [4.78, 5) is 25.3. The maximum atomic E-state index is 13.4. The number of phenols is 1. The number of nitrogens with zero attached hydrogens (tertiary/aromatic N) is 8. The number of aliphatic carboxylic acids is 1. The van der Waals surface area contributed by atoms with Crippen molar-refractivity contribution >= 4 is 96.7 Å². The number of carbonyl (C=O) groups excluding carboxylic acids is 1. The molecule has 29 heteroatoms. The van der Waals surface area contributed by atoms with Crippen molar-refractivity contribution in [3.8, 4) is 23.0 Å². The maximum absolute atomic E-state index is 13.4. The quantitative estimate of drug-likeness (QED) is 0.0119. The molecule has 6 rings (SSSR count). The third-order valence-corrected chi connectivity index (χ3v) is 10.7. The van der Waals surface area contributed by atoms with E-state index in [-0.39, 0.29) is 74.9 Å². The first-order chi connectivity index (χ1) is 31.8. The molecule has 0 saturated carbocycles. The number of carboxylic acids is 1. The van der Waals surface area contributed by atoms with E-state index in [1.807, 2.05) is 0 Å². The van der Waals surface area contributed by atoms with Crippen LogP contribution in [0.2, 0.25) is 0 Å². The summed E-state index contributed by atoms with van der Waals surface area (Å²) in [5, 5.41) is 94.8. The van der Waals surface area contributed by atoms with Gasteiger partial charge in [0, 0.05) is 28.5 Å². The largest absolute Gasteiger partial charge is 0.505 e. The molecular formula is C37H32N8O18S3. The van der Waals surface area contributed by atoms with Crippen LogP contribution < -0.4 is 19.2 Å². The summed E-state index contributed by atoms with van der Waals surface area (Å²) in [5.74, 6) is -3.03. The molecule has 26 nitrogen and oxygen atoms in total. The van der Waals surface area contributed by atoms with Crippen LogP contribution in [0.3, 0.4) is 0 Å². The number of hydrogen-bond donors (Lipinski definition) is 7. The van der Waals surface area contributed by atoms with Crippen LogP contribution in [0, 0.1) is 0 Å². The van der Waals surface area contributed by atoms with Crippen molar-refractivity contribution in [1.29, 1.82) is 0 Å². The van der Waals surface area contributed by atoms with Crippen molar-refractivity contribution in [3.05, 3.63) is 78.9 Å². The Kier molecular flexibility index (Phi) is 16.6. The molecule has 66 heavy (non-hydrogen) atoms. The Hall–Kier alpha value is -6.74. The number of hydrazone groups is 1. The van der Waals surface area contributed by atoms with Crippen molar-refractivity contribution in [2.75, 3.05) is 38.5 Å². The first-order valence-electron chi connectivity index (χ1n) is 18.2. The molecule has 1 amide bonds. The van der Waals surface area contributed by atoms with Crippen LogP contribution in [0.15, 0.2) is 129 Å². The Morgan fingerprint density at radius 3 is 2.05 bits per heavy atom. The number of aromatic hydroxyl groups is 1. The van der Waals surface area contributed by atoms with Crippen LogP contribution in [0.5, 0.6) is 23.0 Å². The van der Waals surface area contributed by atoms with E-state index in [0.29, 0.717) is 34.4 Å². The second-order valence-electron chi connectivity index (χ2n) is 12.6. The highest BCUT2D eigenvalue weighted by Crippen LogP contribution is 2.47. The van der Waals surface area contributed by atoms with E-state index in [4.69, 9.17) is 24.7 Å². The van der Waals surface area contributed by atoms with Crippen molar-refractivity contribution < 1.29 is 86.5 Å². The second-order valence-corrected chi connectivity index (χ2v) is 15.5. The summed E-state index contributed by atoms with van der Waals surface area (Å²) in [5.41, 5.74) is -1.21. The average Bonchev–Trinajstić information content (AvgIpc) is 3.65. The molecule has 0 radical (unpaired) electrons.